The highest BCUT2D eigenvalue weighted by molar-refractivity contribution is 6.28. The second-order valence-electron chi connectivity index (χ2n) is 5.78. The van der Waals surface area contributed by atoms with Crippen LogP contribution in [0.15, 0.2) is 6.20 Å². The van der Waals surface area contributed by atoms with Gasteiger partial charge in [-0.15, -0.1) is 0 Å². The maximum Gasteiger partial charge on any atom is 0.225 e. The van der Waals surface area contributed by atoms with E-state index in [1.165, 1.54) is 6.20 Å². The monoisotopic (exact) mass is 326 g/mol. The molecule has 1 saturated heterocycles. The Morgan fingerprint density at radius 2 is 2.09 bits per heavy atom. The quantitative estimate of drug-likeness (QED) is 0.585. The van der Waals surface area contributed by atoms with Gasteiger partial charge in [-0.2, -0.15) is 4.98 Å². The molecule has 0 amide bonds. The Morgan fingerprint density at radius 1 is 1.32 bits per heavy atom. The zero-order valence-electron chi connectivity index (χ0n) is 12.5. The van der Waals surface area contributed by atoms with Gasteiger partial charge in [-0.25, -0.2) is 13.8 Å². The second kappa shape index (κ2) is 5.91. The summed E-state index contributed by atoms with van der Waals surface area (Å²) < 4.78 is 29.0. The van der Waals surface area contributed by atoms with Gasteiger partial charge in [0.1, 0.15) is 11.3 Å². The fourth-order valence-corrected chi connectivity index (χ4v) is 3.03. The van der Waals surface area contributed by atoms with Crippen molar-refractivity contribution in [2.45, 2.75) is 39.4 Å². The molecule has 0 saturated carbocycles. The average Bonchev–Trinajstić information content (AvgIpc) is 2.65. The van der Waals surface area contributed by atoms with Crippen LogP contribution in [0.3, 0.4) is 0 Å². The lowest BCUT2D eigenvalue weighted by molar-refractivity contribution is 0.234. The van der Waals surface area contributed by atoms with Gasteiger partial charge in [0.2, 0.25) is 5.28 Å². The lowest BCUT2D eigenvalue weighted by Crippen LogP contribution is -2.36. The molecule has 0 aliphatic carbocycles. The number of pyridine rings is 1. The van der Waals surface area contributed by atoms with Gasteiger partial charge in [0.25, 0.3) is 0 Å². The third kappa shape index (κ3) is 2.60. The maximum absolute atomic E-state index is 14.7. The topological polar surface area (TPSA) is 41.9 Å². The third-order valence-corrected chi connectivity index (χ3v) is 4.33. The highest BCUT2D eigenvalue weighted by Gasteiger charge is 2.29. The van der Waals surface area contributed by atoms with Gasteiger partial charge in [0.05, 0.1) is 11.1 Å². The molecule has 0 bridgehead atoms. The molecule has 0 spiro atoms. The first-order valence-electron chi connectivity index (χ1n) is 7.38. The van der Waals surface area contributed by atoms with Gasteiger partial charge in [-0.05, 0) is 31.4 Å². The van der Waals surface area contributed by atoms with Gasteiger partial charge in [-0.3, -0.25) is 4.98 Å². The molecule has 1 aliphatic rings. The van der Waals surface area contributed by atoms with E-state index in [1.807, 2.05) is 6.92 Å². The van der Waals surface area contributed by atoms with E-state index in [2.05, 4.69) is 15.0 Å². The molecule has 2 aromatic heterocycles. The number of hydrogen-bond acceptors (Lipinski definition) is 4. The first-order valence-corrected chi connectivity index (χ1v) is 7.76. The molecule has 3 rings (SSSR count). The summed E-state index contributed by atoms with van der Waals surface area (Å²) in [7, 11) is 0. The van der Waals surface area contributed by atoms with E-state index in [4.69, 9.17) is 11.6 Å². The van der Waals surface area contributed by atoms with Crippen LogP contribution in [-0.2, 0) is 0 Å². The van der Waals surface area contributed by atoms with Crippen molar-refractivity contribution in [1.82, 2.24) is 15.0 Å². The number of aromatic nitrogens is 3. The van der Waals surface area contributed by atoms with Crippen LogP contribution in [0.2, 0.25) is 5.28 Å². The molecule has 118 valence electrons. The summed E-state index contributed by atoms with van der Waals surface area (Å²) in [6.45, 7) is 3.94. The summed E-state index contributed by atoms with van der Waals surface area (Å²) >= 11 is 5.93. The lowest BCUT2D eigenvalue weighted by atomic mass is 10.1. The molecule has 1 fully saturated rings. The molecule has 2 aromatic rings. The normalized spacial score (nSPS) is 22.9. The highest BCUT2D eigenvalue weighted by Crippen LogP contribution is 2.33. The smallest absolute Gasteiger partial charge is 0.225 e. The second-order valence-corrected chi connectivity index (χ2v) is 6.11. The van der Waals surface area contributed by atoms with Gasteiger partial charge in [0, 0.05) is 18.7 Å². The molecule has 3 heterocycles. The van der Waals surface area contributed by atoms with Gasteiger partial charge in [-0.1, -0.05) is 13.3 Å². The van der Waals surface area contributed by atoms with Crippen LogP contribution in [-0.4, -0.2) is 27.8 Å². The van der Waals surface area contributed by atoms with Crippen molar-refractivity contribution in [1.29, 1.82) is 0 Å². The predicted molar refractivity (Wildman–Crippen MR) is 82.3 cm³/mol. The highest BCUT2D eigenvalue weighted by atomic mass is 35.5. The fourth-order valence-electron chi connectivity index (χ4n) is 2.86. The zero-order chi connectivity index (χ0) is 15.9. The van der Waals surface area contributed by atoms with E-state index in [9.17, 15) is 8.78 Å². The van der Waals surface area contributed by atoms with E-state index in [-0.39, 0.29) is 22.4 Å². The van der Waals surface area contributed by atoms with Gasteiger partial charge in [0.15, 0.2) is 12.1 Å². The molecule has 0 N–H and O–H groups in total. The average molecular weight is 327 g/mol. The predicted octanol–water partition coefficient (Wildman–Crippen LogP) is 4.05. The Labute approximate surface area is 132 Å². The van der Waals surface area contributed by atoms with Crippen molar-refractivity contribution in [3.63, 3.8) is 0 Å². The number of alkyl halides is 1. The summed E-state index contributed by atoms with van der Waals surface area (Å²) in [6, 6.07) is 0. The fraction of sp³-hybridized carbons (Fsp3) is 0.533. The van der Waals surface area contributed by atoms with Crippen molar-refractivity contribution in [3.8, 4) is 0 Å². The SMILES string of the molecule is Cc1ncc2c(N3CCCCC(C)C3F)nc(Cl)nc2c1F. The minimum absolute atomic E-state index is 0.0869. The summed E-state index contributed by atoms with van der Waals surface area (Å²) in [6.07, 6.45) is 2.94. The van der Waals surface area contributed by atoms with Crippen molar-refractivity contribution in [3.05, 3.63) is 23.0 Å². The van der Waals surface area contributed by atoms with E-state index >= 15 is 0 Å². The van der Waals surface area contributed by atoms with Crippen LogP contribution >= 0.6 is 11.6 Å². The Morgan fingerprint density at radius 3 is 2.86 bits per heavy atom. The molecule has 0 radical (unpaired) electrons. The number of anilines is 1. The number of hydrogen-bond donors (Lipinski definition) is 0. The molecule has 7 heteroatoms. The minimum Gasteiger partial charge on any atom is -0.326 e. The number of halogens is 3. The van der Waals surface area contributed by atoms with Crippen molar-refractivity contribution >= 4 is 28.3 Å². The number of rotatable bonds is 1. The molecule has 2 unspecified atom stereocenters. The minimum atomic E-state index is -1.18. The summed E-state index contributed by atoms with van der Waals surface area (Å²) in [4.78, 5) is 13.7. The van der Waals surface area contributed by atoms with Gasteiger partial charge >= 0.3 is 0 Å². The number of nitrogens with zero attached hydrogens (tertiary/aromatic N) is 4. The molecular formula is C15H17ClF2N4. The Hall–Kier alpha value is -1.56. The third-order valence-electron chi connectivity index (χ3n) is 4.16. The zero-order valence-corrected chi connectivity index (χ0v) is 13.2. The molecule has 4 nitrogen and oxygen atoms in total. The first kappa shape index (κ1) is 15.3. The van der Waals surface area contributed by atoms with Crippen molar-refractivity contribution in [2.24, 2.45) is 5.92 Å². The number of aryl methyl sites for hydroxylation is 1. The lowest BCUT2D eigenvalue weighted by Gasteiger charge is -2.29. The molecule has 22 heavy (non-hydrogen) atoms. The van der Waals surface area contributed by atoms with E-state index in [1.54, 1.807) is 11.8 Å². The van der Waals surface area contributed by atoms with Crippen LogP contribution in [0.1, 0.15) is 31.9 Å². The molecule has 1 aliphatic heterocycles. The van der Waals surface area contributed by atoms with Crippen LogP contribution in [0, 0.1) is 18.7 Å². The maximum atomic E-state index is 14.7. The largest absolute Gasteiger partial charge is 0.326 e. The molecule has 2 atom stereocenters. The summed E-state index contributed by atoms with van der Waals surface area (Å²) in [5.41, 5.74) is 0.320. The van der Waals surface area contributed by atoms with E-state index < -0.39 is 12.1 Å². The van der Waals surface area contributed by atoms with Gasteiger partial charge < -0.3 is 4.90 Å². The number of fused-ring (bicyclic) bond motifs is 1. The molecular weight excluding hydrogens is 310 g/mol. The van der Waals surface area contributed by atoms with Crippen LogP contribution < -0.4 is 4.90 Å². The molecule has 0 aromatic carbocycles. The summed E-state index contributed by atoms with van der Waals surface area (Å²) in [5, 5.41) is 0.306. The first-order chi connectivity index (χ1) is 10.5. The van der Waals surface area contributed by atoms with E-state index in [0.29, 0.717) is 17.7 Å². The Bertz CT molecular complexity index is 709. The van der Waals surface area contributed by atoms with E-state index in [0.717, 1.165) is 19.3 Å². The van der Waals surface area contributed by atoms with Crippen LogP contribution in [0.4, 0.5) is 14.6 Å². The van der Waals surface area contributed by atoms with Crippen molar-refractivity contribution < 1.29 is 8.78 Å². The Balaban J connectivity index is 2.19. The van der Waals surface area contributed by atoms with Crippen molar-refractivity contribution in [2.75, 3.05) is 11.4 Å². The Kier molecular flexibility index (Phi) is 4.12. The van der Waals surface area contributed by atoms with Crippen LogP contribution in [0.25, 0.3) is 10.9 Å². The summed E-state index contributed by atoms with van der Waals surface area (Å²) in [5.74, 6) is -0.335. The standard InChI is InChI=1S/C15H17ClF2N4/c1-8-5-3-4-6-22(13(8)18)14-10-7-19-9(2)11(17)12(10)20-15(16)21-14/h7-8,13H,3-6H2,1-2H3. The van der Waals surface area contributed by atoms with Crippen LogP contribution in [0.5, 0.6) is 0 Å².